The summed E-state index contributed by atoms with van der Waals surface area (Å²) in [6.45, 7) is 5.81. The van der Waals surface area contributed by atoms with E-state index in [1.165, 1.54) is 0 Å². The molecule has 0 aliphatic carbocycles. The minimum absolute atomic E-state index is 0.0677. The van der Waals surface area contributed by atoms with Crippen LogP contribution in [0, 0.1) is 13.8 Å². The lowest BCUT2D eigenvalue weighted by atomic mass is 10.00. The van der Waals surface area contributed by atoms with Gasteiger partial charge in [0, 0.05) is 31.2 Å². The fourth-order valence-electron chi connectivity index (χ4n) is 4.20. The van der Waals surface area contributed by atoms with Gasteiger partial charge in [0.1, 0.15) is 0 Å². The molecule has 1 aromatic rings. The van der Waals surface area contributed by atoms with Crippen molar-refractivity contribution in [1.29, 1.82) is 0 Å². The minimum atomic E-state index is -0.493. The van der Waals surface area contributed by atoms with E-state index in [-0.39, 0.29) is 23.9 Å². The van der Waals surface area contributed by atoms with Gasteiger partial charge < -0.3 is 15.7 Å². The maximum Gasteiger partial charge on any atom is 0.253 e. The van der Waals surface area contributed by atoms with Gasteiger partial charge in [-0.3, -0.25) is 14.5 Å². The molecule has 2 aliphatic rings. The second-order valence-corrected chi connectivity index (χ2v) is 7.40. The van der Waals surface area contributed by atoms with Crippen molar-refractivity contribution in [2.75, 3.05) is 19.6 Å². The number of benzene rings is 1. The number of nitrogens with two attached hydrogens (primary N) is 1. The maximum absolute atomic E-state index is 12.8. The van der Waals surface area contributed by atoms with Crippen LogP contribution in [-0.4, -0.2) is 64.5 Å². The molecule has 3 N–H and O–H groups in total. The van der Waals surface area contributed by atoms with E-state index in [1.54, 1.807) is 0 Å². The number of rotatable bonds is 3. The van der Waals surface area contributed by atoms with Crippen molar-refractivity contribution >= 4 is 11.8 Å². The molecule has 0 saturated carbocycles. The van der Waals surface area contributed by atoms with E-state index in [0.717, 1.165) is 29.5 Å². The molecule has 2 amide bonds. The lowest BCUT2D eigenvalue weighted by Gasteiger charge is -2.38. The predicted molar refractivity (Wildman–Crippen MR) is 95.2 cm³/mol. The van der Waals surface area contributed by atoms with Crippen LogP contribution in [0.15, 0.2) is 18.2 Å². The molecule has 6 nitrogen and oxygen atoms in total. The van der Waals surface area contributed by atoms with E-state index < -0.39 is 6.10 Å². The number of carbonyl (C=O) groups is 2. The number of aliphatic hydroxyl groups excluding tert-OH is 1. The normalized spacial score (nSPS) is 25.3. The molecule has 2 aliphatic heterocycles. The summed E-state index contributed by atoms with van der Waals surface area (Å²) in [7, 11) is 0. The van der Waals surface area contributed by atoms with E-state index in [9.17, 15) is 14.7 Å². The molecule has 136 valence electrons. The Hall–Kier alpha value is -1.92. The lowest BCUT2D eigenvalue weighted by molar-refractivity contribution is -0.123. The first-order valence-corrected chi connectivity index (χ1v) is 8.96. The molecule has 0 bridgehead atoms. The molecule has 2 fully saturated rings. The van der Waals surface area contributed by atoms with Gasteiger partial charge in [-0.1, -0.05) is 17.2 Å². The lowest BCUT2D eigenvalue weighted by Crippen LogP contribution is -2.51. The number of likely N-dealkylation sites (tertiary alicyclic amines) is 2. The molecule has 0 radical (unpaired) electrons. The zero-order valence-corrected chi connectivity index (χ0v) is 14.9. The smallest absolute Gasteiger partial charge is 0.253 e. The molecule has 0 aromatic heterocycles. The SMILES string of the molecule is Cc1cc(C)cc(C(=O)N2CCC(N3C[C@H](O)C[C@H]3C(N)=O)CC2)c1. The van der Waals surface area contributed by atoms with Crippen LogP contribution in [-0.2, 0) is 4.79 Å². The summed E-state index contributed by atoms with van der Waals surface area (Å²) in [5, 5.41) is 9.88. The number of aliphatic hydroxyl groups is 1. The highest BCUT2D eigenvalue weighted by Gasteiger charge is 2.40. The van der Waals surface area contributed by atoms with Gasteiger partial charge in [-0.05, 0) is 45.2 Å². The van der Waals surface area contributed by atoms with Crippen molar-refractivity contribution in [1.82, 2.24) is 9.80 Å². The summed E-state index contributed by atoms with van der Waals surface area (Å²) in [5.74, 6) is -0.302. The Morgan fingerprint density at radius 1 is 1.12 bits per heavy atom. The van der Waals surface area contributed by atoms with Crippen LogP contribution in [0.3, 0.4) is 0 Å². The Morgan fingerprint density at radius 3 is 2.28 bits per heavy atom. The van der Waals surface area contributed by atoms with Crippen molar-refractivity contribution in [3.63, 3.8) is 0 Å². The molecule has 3 rings (SSSR count). The summed E-state index contributed by atoms with van der Waals surface area (Å²) < 4.78 is 0. The Kier molecular flexibility index (Phi) is 5.11. The monoisotopic (exact) mass is 345 g/mol. The average Bonchev–Trinajstić information content (AvgIpc) is 2.95. The van der Waals surface area contributed by atoms with Gasteiger partial charge in [0.25, 0.3) is 5.91 Å². The van der Waals surface area contributed by atoms with Crippen LogP contribution in [0.5, 0.6) is 0 Å². The first kappa shape index (κ1) is 17.9. The Balaban J connectivity index is 1.63. The van der Waals surface area contributed by atoms with E-state index >= 15 is 0 Å². The fourth-order valence-corrected chi connectivity index (χ4v) is 4.20. The molecular weight excluding hydrogens is 318 g/mol. The van der Waals surface area contributed by atoms with E-state index in [1.807, 2.05) is 35.8 Å². The van der Waals surface area contributed by atoms with Gasteiger partial charge in [-0.25, -0.2) is 0 Å². The maximum atomic E-state index is 12.8. The molecule has 2 saturated heterocycles. The van der Waals surface area contributed by atoms with Crippen LogP contribution in [0.2, 0.25) is 0 Å². The third-order valence-corrected chi connectivity index (χ3v) is 5.34. The molecule has 25 heavy (non-hydrogen) atoms. The third-order valence-electron chi connectivity index (χ3n) is 5.34. The molecule has 6 heteroatoms. The molecular formula is C19H27N3O3. The van der Waals surface area contributed by atoms with Gasteiger partial charge in [0.05, 0.1) is 12.1 Å². The van der Waals surface area contributed by atoms with Crippen molar-refractivity contribution in [2.24, 2.45) is 5.73 Å². The highest BCUT2D eigenvalue weighted by molar-refractivity contribution is 5.94. The number of amides is 2. The number of nitrogens with zero attached hydrogens (tertiary/aromatic N) is 2. The van der Waals surface area contributed by atoms with E-state index in [0.29, 0.717) is 26.1 Å². The highest BCUT2D eigenvalue weighted by atomic mass is 16.3. The number of β-amino-alcohol motifs (C(OH)–C–C–N with tert-alkyl or cyclic N) is 1. The number of aryl methyl sites for hydroxylation is 2. The largest absolute Gasteiger partial charge is 0.392 e. The Bertz CT molecular complexity index is 648. The van der Waals surface area contributed by atoms with Crippen molar-refractivity contribution in [3.05, 3.63) is 34.9 Å². The van der Waals surface area contributed by atoms with Crippen LogP contribution in [0.4, 0.5) is 0 Å². The number of hydrogen-bond acceptors (Lipinski definition) is 4. The molecule has 0 spiro atoms. The zero-order chi connectivity index (χ0) is 18.1. The van der Waals surface area contributed by atoms with Gasteiger partial charge in [0.15, 0.2) is 0 Å². The van der Waals surface area contributed by atoms with Crippen molar-refractivity contribution in [2.45, 2.75) is 51.3 Å². The fraction of sp³-hybridized carbons (Fsp3) is 0.579. The second kappa shape index (κ2) is 7.14. The zero-order valence-electron chi connectivity index (χ0n) is 14.9. The van der Waals surface area contributed by atoms with Crippen LogP contribution in [0.1, 0.15) is 40.7 Å². The highest BCUT2D eigenvalue weighted by Crippen LogP contribution is 2.27. The van der Waals surface area contributed by atoms with E-state index in [4.69, 9.17) is 5.73 Å². The number of carbonyl (C=O) groups excluding carboxylic acids is 2. The van der Waals surface area contributed by atoms with Gasteiger partial charge in [0.2, 0.25) is 5.91 Å². The average molecular weight is 345 g/mol. The van der Waals surface area contributed by atoms with Crippen LogP contribution >= 0.6 is 0 Å². The summed E-state index contributed by atoms with van der Waals surface area (Å²) in [6, 6.07) is 5.73. The van der Waals surface area contributed by atoms with Gasteiger partial charge >= 0.3 is 0 Å². The summed E-state index contributed by atoms with van der Waals surface area (Å²) in [4.78, 5) is 28.3. The Labute approximate surface area is 148 Å². The van der Waals surface area contributed by atoms with Crippen LogP contribution in [0.25, 0.3) is 0 Å². The van der Waals surface area contributed by atoms with Gasteiger partial charge in [-0.15, -0.1) is 0 Å². The summed E-state index contributed by atoms with van der Waals surface area (Å²) in [5.41, 5.74) is 8.40. The molecule has 0 unspecified atom stereocenters. The summed E-state index contributed by atoms with van der Waals surface area (Å²) >= 11 is 0. The number of piperidine rings is 1. The summed E-state index contributed by atoms with van der Waals surface area (Å²) in [6.07, 6.45) is 1.52. The van der Waals surface area contributed by atoms with Gasteiger partial charge in [-0.2, -0.15) is 0 Å². The van der Waals surface area contributed by atoms with E-state index in [2.05, 4.69) is 6.07 Å². The number of primary amides is 1. The predicted octanol–water partition coefficient (Wildman–Crippen LogP) is 0.829. The third kappa shape index (κ3) is 3.85. The Morgan fingerprint density at radius 2 is 1.72 bits per heavy atom. The first-order valence-electron chi connectivity index (χ1n) is 8.96. The second-order valence-electron chi connectivity index (χ2n) is 7.40. The number of hydrogen-bond donors (Lipinski definition) is 2. The first-order chi connectivity index (χ1) is 11.8. The standard InChI is InChI=1S/C19H27N3O3/c1-12-7-13(2)9-14(8-12)19(25)21-5-3-15(4-6-21)22-11-16(23)10-17(22)18(20)24/h7-9,15-17,23H,3-6,10-11H2,1-2H3,(H2,20,24)/t16-,17+/m1/s1. The van der Waals surface area contributed by atoms with Crippen LogP contribution < -0.4 is 5.73 Å². The quantitative estimate of drug-likeness (QED) is 0.849. The molecule has 2 heterocycles. The molecule has 1 aromatic carbocycles. The van der Waals surface area contributed by atoms with Crippen molar-refractivity contribution < 1.29 is 14.7 Å². The topological polar surface area (TPSA) is 86.9 Å². The van der Waals surface area contributed by atoms with Crippen molar-refractivity contribution in [3.8, 4) is 0 Å². The molecule has 2 atom stereocenters. The minimum Gasteiger partial charge on any atom is -0.392 e.